The number of benzene rings is 1. The zero-order valence-corrected chi connectivity index (χ0v) is 15.6. The molecule has 7 nitrogen and oxygen atoms in total. The highest BCUT2D eigenvalue weighted by Gasteiger charge is 2.32. The van der Waals surface area contributed by atoms with E-state index in [2.05, 4.69) is 26.7 Å². The molecule has 0 radical (unpaired) electrons. The summed E-state index contributed by atoms with van der Waals surface area (Å²) in [6, 6.07) is 6.01. The fourth-order valence-electron chi connectivity index (χ4n) is 4.10. The zero-order valence-electron chi connectivity index (χ0n) is 15.6. The van der Waals surface area contributed by atoms with Gasteiger partial charge in [-0.2, -0.15) is 0 Å². The Kier molecular flexibility index (Phi) is 4.40. The van der Waals surface area contributed by atoms with Crippen LogP contribution in [-0.2, 0) is 13.1 Å². The van der Waals surface area contributed by atoms with E-state index in [1.165, 1.54) is 6.42 Å². The summed E-state index contributed by atoms with van der Waals surface area (Å²) in [6.45, 7) is 4.93. The summed E-state index contributed by atoms with van der Waals surface area (Å²) < 4.78 is 7.65. The van der Waals surface area contributed by atoms with Crippen LogP contribution in [0.2, 0.25) is 0 Å². The number of nitrogens with zero attached hydrogens (tertiary/aromatic N) is 5. The van der Waals surface area contributed by atoms with E-state index in [-0.39, 0.29) is 5.91 Å². The van der Waals surface area contributed by atoms with Crippen LogP contribution in [0, 0.1) is 6.92 Å². The first-order chi connectivity index (χ1) is 12.6. The summed E-state index contributed by atoms with van der Waals surface area (Å²) in [7, 11) is 3.75. The van der Waals surface area contributed by atoms with Crippen LogP contribution in [0.25, 0.3) is 0 Å². The zero-order chi connectivity index (χ0) is 18.3. The average Bonchev–Trinajstić information content (AvgIpc) is 3.25. The number of amides is 1. The molecule has 0 N–H and O–H groups in total. The highest BCUT2D eigenvalue weighted by molar-refractivity contribution is 5.97. The SMILES string of the molecule is COc1c(C)cccc1C(=O)N1CCn2c(nnc2[C@H]2CCCN2C)C1. The predicted molar refractivity (Wildman–Crippen MR) is 97.1 cm³/mol. The average molecular weight is 355 g/mol. The van der Waals surface area contributed by atoms with Gasteiger partial charge in [0.1, 0.15) is 5.75 Å². The van der Waals surface area contributed by atoms with Crippen molar-refractivity contribution in [2.24, 2.45) is 0 Å². The van der Waals surface area contributed by atoms with E-state index in [0.717, 1.165) is 36.7 Å². The Morgan fingerprint density at radius 3 is 2.81 bits per heavy atom. The maximum absolute atomic E-state index is 13.0. The van der Waals surface area contributed by atoms with Crippen LogP contribution in [0.5, 0.6) is 5.75 Å². The molecule has 2 aliphatic heterocycles. The van der Waals surface area contributed by atoms with E-state index in [9.17, 15) is 4.79 Å². The van der Waals surface area contributed by atoms with Gasteiger partial charge < -0.3 is 14.2 Å². The molecule has 0 bridgehead atoms. The molecular formula is C19H25N5O2. The van der Waals surface area contributed by atoms with Crippen LogP contribution >= 0.6 is 0 Å². The lowest BCUT2D eigenvalue weighted by atomic mass is 10.1. The number of fused-ring (bicyclic) bond motifs is 1. The summed E-state index contributed by atoms with van der Waals surface area (Å²) in [5.41, 5.74) is 1.57. The van der Waals surface area contributed by atoms with Gasteiger partial charge in [-0.15, -0.1) is 10.2 Å². The van der Waals surface area contributed by atoms with Gasteiger partial charge in [0.2, 0.25) is 0 Å². The third-order valence-electron chi connectivity index (χ3n) is 5.53. The Morgan fingerprint density at radius 1 is 1.23 bits per heavy atom. The van der Waals surface area contributed by atoms with E-state index < -0.39 is 0 Å². The molecule has 0 aliphatic carbocycles. The van der Waals surface area contributed by atoms with Gasteiger partial charge >= 0.3 is 0 Å². The quantitative estimate of drug-likeness (QED) is 0.843. The normalized spacial score (nSPS) is 20.3. The minimum absolute atomic E-state index is 0.0145. The molecule has 1 atom stereocenters. The molecule has 0 unspecified atom stereocenters. The first-order valence-electron chi connectivity index (χ1n) is 9.15. The minimum atomic E-state index is -0.0145. The maximum Gasteiger partial charge on any atom is 0.258 e. The van der Waals surface area contributed by atoms with Crippen molar-refractivity contribution in [1.82, 2.24) is 24.6 Å². The van der Waals surface area contributed by atoms with Crippen molar-refractivity contribution in [2.45, 2.75) is 38.9 Å². The Bertz CT molecular complexity index is 831. The molecule has 2 aromatic rings. The standard InChI is InChI=1S/C19H25N5O2/c1-13-6-4-7-14(17(13)26-3)19(25)23-10-11-24-16(12-23)20-21-18(24)15-8-5-9-22(15)2/h4,6-7,15H,5,8-12H2,1-3H3/t15-/m1/s1. The fraction of sp³-hybridized carbons (Fsp3) is 0.526. The summed E-state index contributed by atoms with van der Waals surface area (Å²) in [5.74, 6) is 2.55. The molecule has 26 heavy (non-hydrogen) atoms. The summed E-state index contributed by atoms with van der Waals surface area (Å²) in [4.78, 5) is 17.2. The van der Waals surface area contributed by atoms with Gasteiger partial charge in [-0.1, -0.05) is 12.1 Å². The van der Waals surface area contributed by atoms with Crippen LogP contribution in [0.1, 0.15) is 46.5 Å². The van der Waals surface area contributed by atoms with Crippen molar-refractivity contribution in [3.05, 3.63) is 41.0 Å². The lowest BCUT2D eigenvalue weighted by Crippen LogP contribution is -2.39. The lowest BCUT2D eigenvalue weighted by molar-refractivity contribution is 0.0701. The van der Waals surface area contributed by atoms with Crippen molar-refractivity contribution in [3.63, 3.8) is 0 Å². The van der Waals surface area contributed by atoms with Crippen molar-refractivity contribution < 1.29 is 9.53 Å². The number of hydrogen-bond acceptors (Lipinski definition) is 5. The van der Waals surface area contributed by atoms with Gasteiger partial charge in [0, 0.05) is 13.1 Å². The first kappa shape index (κ1) is 17.0. The van der Waals surface area contributed by atoms with Gasteiger partial charge in [-0.25, -0.2) is 0 Å². The lowest BCUT2D eigenvalue weighted by Gasteiger charge is -2.29. The third-order valence-corrected chi connectivity index (χ3v) is 5.53. The monoisotopic (exact) mass is 355 g/mol. The molecule has 7 heteroatoms. The number of aromatic nitrogens is 3. The number of hydrogen-bond donors (Lipinski definition) is 0. The van der Waals surface area contributed by atoms with Crippen LogP contribution in [0.3, 0.4) is 0 Å². The van der Waals surface area contributed by atoms with Gasteiger partial charge in [-0.3, -0.25) is 9.69 Å². The number of aryl methyl sites for hydroxylation is 1. The molecular weight excluding hydrogens is 330 g/mol. The van der Waals surface area contributed by atoms with Crippen LogP contribution in [0.4, 0.5) is 0 Å². The summed E-state index contributed by atoms with van der Waals surface area (Å²) in [5, 5.41) is 8.84. The molecule has 1 amide bonds. The highest BCUT2D eigenvalue weighted by atomic mass is 16.5. The fourth-order valence-corrected chi connectivity index (χ4v) is 4.10. The van der Waals surface area contributed by atoms with E-state index in [1.54, 1.807) is 7.11 Å². The Labute approximate surface area is 153 Å². The van der Waals surface area contributed by atoms with Crippen molar-refractivity contribution >= 4 is 5.91 Å². The van der Waals surface area contributed by atoms with Crippen LogP contribution < -0.4 is 4.74 Å². The van der Waals surface area contributed by atoms with Crippen molar-refractivity contribution in [1.29, 1.82) is 0 Å². The van der Waals surface area contributed by atoms with E-state index in [1.807, 2.05) is 30.0 Å². The number of para-hydroxylation sites is 1. The Morgan fingerprint density at radius 2 is 2.08 bits per heavy atom. The number of carbonyl (C=O) groups is 1. The minimum Gasteiger partial charge on any atom is -0.496 e. The molecule has 138 valence electrons. The van der Waals surface area contributed by atoms with Crippen LogP contribution in [0.15, 0.2) is 18.2 Å². The molecule has 2 aliphatic rings. The number of likely N-dealkylation sites (tertiary alicyclic amines) is 1. The third kappa shape index (κ3) is 2.76. The largest absolute Gasteiger partial charge is 0.496 e. The van der Waals surface area contributed by atoms with E-state index in [0.29, 0.717) is 30.4 Å². The van der Waals surface area contributed by atoms with Gasteiger partial charge in [0.15, 0.2) is 11.6 Å². The van der Waals surface area contributed by atoms with E-state index in [4.69, 9.17) is 4.74 Å². The number of methoxy groups -OCH3 is 1. The number of rotatable bonds is 3. The second-order valence-corrected chi connectivity index (χ2v) is 7.15. The Balaban J connectivity index is 1.57. The second kappa shape index (κ2) is 6.72. The molecule has 0 saturated carbocycles. The smallest absolute Gasteiger partial charge is 0.258 e. The summed E-state index contributed by atoms with van der Waals surface area (Å²) in [6.07, 6.45) is 2.32. The van der Waals surface area contributed by atoms with Gasteiger partial charge in [0.25, 0.3) is 5.91 Å². The molecule has 3 heterocycles. The molecule has 1 fully saturated rings. The molecule has 1 aromatic carbocycles. The number of ether oxygens (including phenoxy) is 1. The highest BCUT2D eigenvalue weighted by Crippen LogP contribution is 2.31. The van der Waals surface area contributed by atoms with Gasteiger partial charge in [-0.05, 0) is 45.0 Å². The number of carbonyl (C=O) groups excluding carboxylic acids is 1. The maximum atomic E-state index is 13.0. The first-order valence-corrected chi connectivity index (χ1v) is 9.15. The van der Waals surface area contributed by atoms with Crippen molar-refractivity contribution in [3.8, 4) is 5.75 Å². The molecule has 0 spiro atoms. The molecule has 4 rings (SSSR count). The Hall–Kier alpha value is -2.41. The van der Waals surface area contributed by atoms with E-state index >= 15 is 0 Å². The predicted octanol–water partition coefficient (Wildman–Crippen LogP) is 2.02. The van der Waals surface area contributed by atoms with Crippen LogP contribution in [-0.4, -0.2) is 57.7 Å². The summed E-state index contributed by atoms with van der Waals surface area (Å²) >= 11 is 0. The van der Waals surface area contributed by atoms with Crippen molar-refractivity contribution in [2.75, 3.05) is 27.2 Å². The second-order valence-electron chi connectivity index (χ2n) is 7.15. The van der Waals surface area contributed by atoms with Gasteiger partial charge in [0.05, 0.1) is 25.3 Å². The molecule has 1 saturated heterocycles. The topological polar surface area (TPSA) is 63.5 Å². The molecule has 1 aromatic heterocycles.